The van der Waals surface area contributed by atoms with E-state index in [2.05, 4.69) is 51.6 Å². The summed E-state index contributed by atoms with van der Waals surface area (Å²) in [4.78, 5) is 43.1. The molecule has 28 heavy (non-hydrogen) atoms. The van der Waals surface area contributed by atoms with Crippen molar-refractivity contribution < 1.29 is 63.6 Å². The fourth-order valence-corrected chi connectivity index (χ4v) is 0. The molecule has 5 amide bonds. The van der Waals surface area contributed by atoms with Gasteiger partial charge in [0.15, 0.2) is 0 Å². The second-order valence-electron chi connectivity index (χ2n) is 2.90. The van der Waals surface area contributed by atoms with Crippen LogP contribution in [-0.4, -0.2) is 67.4 Å². The second-order valence-corrected chi connectivity index (χ2v) is 2.90. The number of aliphatic hydroxyl groups is 3. The molecule has 22 nitrogen and oxygen atoms in total. The average Bonchev–Trinajstić information content (AvgIpc) is 2.07. The Morgan fingerprint density at radius 3 is 0.893 bits per heavy atom. The summed E-state index contributed by atoms with van der Waals surface area (Å²) in [5.74, 6) is 0. The van der Waals surface area contributed by atoms with E-state index in [1.54, 1.807) is 0 Å². The molecule has 0 atom stereocenters. The molecule has 0 heterocycles. The number of carbonyl (C=O) groups is 3. The number of rotatable bonds is 0. The van der Waals surface area contributed by atoms with E-state index >= 15 is 0 Å². The first-order valence-corrected chi connectivity index (χ1v) is 4.83. The van der Waals surface area contributed by atoms with Gasteiger partial charge in [0.25, 0.3) is 6.03 Å². The monoisotopic (exact) mass is 437 g/mol. The van der Waals surface area contributed by atoms with Gasteiger partial charge in [-0.3, -0.25) is 22.3 Å². The number of urea groups is 2. The van der Waals surface area contributed by atoms with Crippen molar-refractivity contribution in [3.8, 4) is 0 Å². The smallest absolute Gasteiger partial charge is 0.465 e. The van der Waals surface area contributed by atoms with E-state index in [1.807, 2.05) is 0 Å². The van der Waals surface area contributed by atoms with Gasteiger partial charge in [-0.05, 0) is 0 Å². The first-order chi connectivity index (χ1) is 10.6. The zero-order valence-corrected chi connectivity index (χ0v) is 14.6. The predicted molar refractivity (Wildman–Crippen MR) is 91.8 cm³/mol. The summed E-state index contributed by atoms with van der Waals surface area (Å²) in [6.45, 7) is 0. The Morgan fingerprint density at radius 1 is 0.893 bits per heavy atom. The minimum atomic E-state index is -2.50. The van der Waals surface area contributed by atoms with Crippen LogP contribution in [-0.2, 0) is 9.59 Å². The van der Waals surface area contributed by atoms with Crippen molar-refractivity contribution in [3.05, 3.63) is 0 Å². The number of carboxylic acid groups (broad SMARTS) is 1. The topological polar surface area (TPSA) is 526 Å². The molecule has 0 aromatic rings. The quantitative estimate of drug-likeness (QED) is 0.123. The maximum absolute atomic E-state index is 9.11. The van der Waals surface area contributed by atoms with E-state index in [0.29, 0.717) is 0 Å². The van der Waals surface area contributed by atoms with Gasteiger partial charge in [-0.1, -0.05) is 0 Å². The van der Waals surface area contributed by atoms with Crippen molar-refractivity contribution in [1.82, 2.24) is 12.3 Å². The van der Waals surface area contributed by atoms with E-state index in [0.717, 1.165) is 0 Å². The summed E-state index contributed by atoms with van der Waals surface area (Å²) in [6.07, 6.45) is -1.08. The number of hydrogen-bond acceptors (Lipinski definition) is 14. The number of quaternary nitrogens is 1. The summed E-state index contributed by atoms with van der Waals surface area (Å²) in [7, 11) is 0. The normalized spacial score (nSPS) is 7.18. The van der Waals surface area contributed by atoms with Gasteiger partial charge in [0.1, 0.15) is 0 Å². The number of primary amides is 4. The molecule has 0 aliphatic carbocycles. The van der Waals surface area contributed by atoms with E-state index in [4.69, 9.17) is 49.5 Å². The molecule has 22 heteroatoms. The first-order valence-electron chi connectivity index (χ1n) is 4.83. The highest BCUT2D eigenvalue weighted by Crippen LogP contribution is 1.62. The largest absolute Gasteiger partial charge is 1.00 e. The molecule has 0 aromatic carbocycles. The molecule has 0 spiro atoms. The molecule has 0 aliphatic heterocycles. The van der Waals surface area contributed by atoms with E-state index < -0.39 is 30.2 Å². The van der Waals surface area contributed by atoms with Crippen molar-refractivity contribution in [2.75, 3.05) is 0 Å². The Labute approximate surface area is 159 Å². The molecular weight excluding hydrogens is 402 g/mol. The lowest BCUT2D eigenvalue weighted by atomic mass is 11.0. The van der Waals surface area contributed by atoms with Crippen LogP contribution in [0.25, 0.3) is 0 Å². The highest BCUT2D eigenvalue weighted by molar-refractivity contribution is 5.69. The summed E-state index contributed by atoms with van der Waals surface area (Å²) >= 11 is 0. The van der Waals surface area contributed by atoms with Gasteiger partial charge < -0.3 is 61.1 Å². The molecule has 0 saturated heterocycles. The van der Waals surface area contributed by atoms with E-state index in [9.17, 15) is 0 Å². The van der Waals surface area contributed by atoms with Crippen LogP contribution in [0.3, 0.4) is 0 Å². The van der Waals surface area contributed by atoms with Crippen molar-refractivity contribution in [3.63, 3.8) is 0 Å². The van der Waals surface area contributed by atoms with Crippen molar-refractivity contribution in [2.24, 2.45) is 45.9 Å². The lowest BCUT2D eigenvalue weighted by molar-refractivity contribution is -0.245. The fourth-order valence-electron chi connectivity index (χ4n) is 0. The van der Waals surface area contributed by atoms with Gasteiger partial charge >= 0.3 is 33.2 Å². The van der Waals surface area contributed by atoms with Crippen LogP contribution in [0.15, 0.2) is 0 Å². The molecule has 0 unspecified atom stereocenters. The van der Waals surface area contributed by atoms with E-state index in [-0.39, 0.29) is 26.8 Å². The summed E-state index contributed by atoms with van der Waals surface area (Å²) in [6, 6.07) is -6.17. The summed E-state index contributed by atoms with van der Waals surface area (Å²) in [5, 5.41) is 36.2. The van der Waals surface area contributed by atoms with Gasteiger partial charge in [0, 0.05) is 0 Å². The zero-order chi connectivity index (χ0) is 22.4. The van der Waals surface area contributed by atoms with Crippen LogP contribution < -0.4 is 63.9 Å². The number of carbonyl (C=O) groups excluding carboxylic acids is 4. The lowest BCUT2D eigenvalue weighted by Crippen LogP contribution is -2.60. The van der Waals surface area contributed by atoms with Crippen LogP contribution >= 0.6 is 0 Å². The Balaban J connectivity index is -0.0000000156. The molecule has 176 valence electrons. The first kappa shape index (κ1) is 56.3. The molecule has 33 N–H and O–H groups in total. The molecule has 0 bridgehead atoms. The molecule has 0 rings (SSSR count). The molecule has 0 saturated carbocycles. The summed E-state index contributed by atoms with van der Waals surface area (Å²) in [5.41, 5.74) is 36.9. The molecule has 0 radical (unpaired) electrons. The Hall–Kier alpha value is -3.09. The third-order valence-electron chi connectivity index (χ3n) is 0. The van der Waals surface area contributed by atoms with Gasteiger partial charge in [0.05, 0.1) is 0 Å². The van der Waals surface area contributed by atoms with Crippen LogP contribution in [0.2, 0.25) is 0 Å². The second kappa shape index (κ2) is 35.1. The molecule has 0 aromatic heterocycles. The highest BCUT2D eigenvalue weighted by atomic mass is 16.5. The molecule has 0 aliphatic rings. The van der Waals surface area contributed by atoms with Crippen LogP contribution in [0.5, 0.6) is 0 Å². The zero-order valence-electron chi connectivity index (χ0n) is 16.6. The van der Waals surface area contributed by atoms with Crippen LogP contribution in [0.1, 0.15) is 2.85 Å². The van der Waals surface area contributed by atoms with E-state index in [1.165, 1.54) is 0 Å². The van der Waals surface area contributed by atoms with Crippen molar-refractivity contribution in [2.45, 2.75) is 12.1 Å². The minimum absolute atomic E-state index is 0. The fraction of sp³-hybridized carbons (Fsp3) is 0.333. The Morgan fingerprint density at radius 2 is 0.893 bits per heavy atom. The highest BCUT2D eigenvalue weighted by Gasteiger charge is 2.09. The Kier molecular flexibility index (Phi) is 70.5. The van der Waals surface area contributed by atoms with Gasteiger partial charge in [-0.25, -0.2) is 25.9 Å². The maximum atomic E-state index is 9.11. The molecular formula is C6H35N11O11+4. The number of hydrogen-bond donors (Lipinski definition) is 15. The minimum Gasteiger partial charge on any atom is -0.465 e. The average molecular weight is 437 g/mol. The Bertz CT molecular complexity index is 320. The third-order valence-corrected chi connectivity index (χ3v) is 0. The van der Waals surface area contributed by atoms with Gasteiger partial charge in [0.2, 0.25) is 0 Å². The lowest BCUT2D eigenvalue weighted by Gasteiger charge is -2.03. The maximum Gasteiger partial charge on any atom is 1.00 e. The van der Waals surface area contributed by atoms with Crippen LogP contribution in [0, 0.1) is 0 Å². The van der Waals surface area contributed by atoms with Gasteiger partial charge in [-0.15, -0.1) is 0 Å². The standard InChI is InChI=1S/2CH6N2O2.2CH4N2O.CH3NO2.CO2.2H3N.H2O/c2*2-1(3,4)5;3*2-1(3)4;2-1-3;;;/h2*4-5H,2-3H2;2*(H4,2,3,4);2H2,(H,3,4);;2*1H3;1H2/p+4. The third kappa shape index (κ3) is 1150. The summed E-state index contributed by atoms with van der Waals surface area (Å²) < 4.78 is 0. The SMILES string of the molecule is N.N.NC(=O)O.NC(N)(O)O.NC(N)(O)[OH2+].NC(N)=O.NC([NH3+])=O.O.O=C=O.[H+].[H+]. The van der Waals surface area contributed by atoms with Crippen LogP contribution in [0.4, 0.5) is 14.4 Å². The van der Waals surface area contributed by atoms with Crippen molar-refractivity contribution >= 4 is 24.3 Å². The van der Waals surface area contributed by atoms with Gasteiger partial charge in [-0.2, -0.15) is 9.59 Å². The molecule has 0 fully saturated rings. The number of amides is 5. The van der Waals surface area contributed by atoms with Crippen molar-refractivity contribution in [1.29, 1.82) is 0 Å². The predicted octanol–water partition coefficient (Wildman–Crippen LogP) is -9.17. The number of nitrogens with two attached hydrogens (primary N) is 8.